The first-order valence-electron chi connectivity index (χ1n) is 8.29. The van der Waals surface area contributed by atoms with Crippen LogP contribution in [0.3, 0.4) is 0 Å². The van der Waals surface area contributed by atoms with Gasteiger partial charge in [-0.2, -0.15) is 5.26 Å². The van der Waals surface area contributed by atoms with Crippen LogP contribution >= 0.6 is 0 Å². The number of aromatic nitrogens is 1. The van der Waals surface area contributed by atoms with Crippen molar-refractivity contribution in [1.82, 2.24) is 4.57 Å². The summed E-state index contributed by atoms with van der Waals surface area (Å²) in [5, 5.41) is 9.29. The third-order valence-electron chi connectivity index (χ3n) is 4.30. The molecule has 1 aromatic heterocycles. The van der Waals surface area contributed by atoms with Crippen molar-refractivity contribution in [3.8, 4) is 17.5 Å². The zero-order chi connectivity index (χ0) is 20.3. The van der Waals surface area contributed by atoms with Crippen LogP contribution < -0.4 is 10.5 Å². The van der Waals surface area contributed by atoms with Gasteiger partial charge in [0.05, 0.1) is 31.2 Å². The minimum atomic E-state index is -0.703. The van der Waals surface area contributed by atoms with Crippen molar-refractivity contribution in [3.63, 3.8) is 0 Å². The molecule has 2 N–H and O–H groups in total. The molecule has 0 bridgehead atoms. The summed E-state index contributed by atoms with van der Waals surface area (Å²) in [6.07, 6.45) is 1.42. The van der Waals surface area contributed by atoms with E-state index >= 15 is 0 Å². The quantitative estimate of drug-likeness (QED) is 0.543. The minimum absolute atomic E-state index is 0.000972. The van der Waals surface area contributed by atoms with E-state index < -0.39 is 5.97 Å². The number of rotatable bonds is 5. The number of nitrogen functional groups attached to an aromatic ring is 1. The number of hydrogen-bond acceptors (Lipinski definition) is 6. The molecule has 0 aliphatic carbocycles. The van der Waals surface area contributed by atoms with Crippen molar-refractivity contribution < 1.29 is 19.1 Å². The number of para-hydroxylation sites is 1. The number of carbonyl (C=O) groups is 2. The molecule has 0 amide bonds. The maximum absolute atomic E-state index is 13.1. The van der Waals surface area contributed by atoms with Gasteiger partial charge in [0.1, 0.15) is 11.8 Å². The molecule has 0 aliphatic heterocycles. The van der Waals surface area contributed by atoms with Gasteiger partial charge in [-0.3, -0.25) is 4.79 Å². The Bertz CT molecular complexity index is 1090. The Morgan fingerprint density at radius 1 is 1.07 bits per heavy atom. The highest BCUT2D eigenvalue weighted by molar-refractivity contribution is 6.11. The summed E-state index contributed by atoms with van der Waals surface area (Å²) in [7, 11) is 2.77. The smallest absolute Gasteiger partial charge is 0.357 e. The average molecular weight is 375 g/mol. The topological polar surface area (TPSA) is 107 Å². The molecule has 0 atom stereocenters. The molecule has 0 aliphatic rings. The van der Waals surface area contributed by atoms with Crippen LogP contribution in [0.1, 0.15) is 32.0 Å². The third kappa shape index (κ3) is 3.19. The molecule has 0 radical (unpaired) electrons. The SMILES string of the molecule is COC(=O)c1c(N)c(C#N)cn1-c1ccccc1C(=O)c1ccc(OC)cc1. The number of nitriles is 1. The maximum atomic E-state index is 13.1. The number of hydrogen-bond donors (Lipinski definition) is 1. The predicted molar refractivity (Wildman–Crippen MR) is 103 cm³/mol. The highest BCUT2D eigenvalue weighted by atomic mass is 16.5. The summed E-state index contributed by atoms with van der Waals surface area (Å²) in [5.41, 5.74) is 7.28. The summed E-state index contributed by atoms with van der Waals surface area (Å²) < 4.78 is 11.3. The first-order valence-corrected chi connectivity index (χ1v) is 8.29. The molecule has 3 aromatic rings. The maximum Gasteiger partial charge on any atom is 0.357 e. The van der Waals surface area contributed by atoms with E-state index in [4.69, 9.17) is 15.2 Å². The monoisotopic (exact) mass is 375 g/mol. The Balaban J connectivity index is 2.17. The van der Waals surface area contributed by atoms with Gasteiger partial charge in [0.25, 0.3) is 0 Å². The van der Waals surface area contributed by atoms with Crippen molar-refractivity contribution in [2.24, 2.45) is 0 Å². The van der Waals surface area contributed by atoms with E-state index in [-0.39, 0.29) is 22.7 Å². The van der Waals surface area contributed by atoms with Crippen molar-refractivity contribution in [3.05, 3.63) is 77.1 Å². The van der Waals surface area contributed by atoms with Crippen molar-refractivity contribution in [2.75, 3.05) is 20.0 Å². The van der Waals surface area contributed by atoms with Gasteiger partial charge < -0.3 is 19.8 Å². The molecule has 2 aromatic carbocycles. The second kappa shape index (κ2) is 7.68. The largest absolute Gasteiger partial charge is 0.497 e. The van der Waals surface area contributed by atoms with E-state index in [1.54, 1.807) is 55.6 Å². The predicted octanol–water partition coefficient (Wildman–Crippen LogP) is 2.96. The number of nitrogens with two attached hydrogens (primary N) is 1. The molecular formula is C21H17N3O4. The van der Waals surface area contributed by atoms with Crippen LogP contribution in [0.2, 0.25) is 0 Å². The number of nitrogens with zero attached hydrogens (tertiary/aromatic N) is 2. The molecule has 7 nitrogen and oxygen atoms in total. The lowest BCUT2D eigenvalue weighted by atomic mass is 10.0. The molecule has 0 fully saturated rings. The highest BCUT2D eigenvalue weighted by Crippen LogP contribution is 2.28. The molecule has 140 valence electrons. The Morgan fingerprint density at radius 2 is 1.75 bits per heavy atom. The zero-order valence-corrected chi connectivity index (χ0v) is 15.3. The number of benzene rings is 2. The van der Waals surface area contributed by atoms with E-state index in [1.807, 2.05) is 6.07 Å². The molecular weight excluding hydrogens is 358 g/mol. The Kier molecular flexibility index (Phi) is 5.14. The molecule has 0 spiro atoms. The molecule has 0 unspecified atom stereocenters. The van der Waals surface area contributed by atoms with E-state index in [1.165, 1.54) is 17.9 Å². The number of ether oxygens (including phenoxy) is 2. The fourth-order valence-corrected chi connectivity index (χ4v) is 2.88. The van der Waals surface area contributed by atoms with Crippen LogP contribution in [0.15, 0.2) is 54.7 Å². The van der Waals surface area contributed by atoms with Gasteiger partial charge >= 0.3 is 5.97 Å². The molecule has 0 saturated carbocycles. The van der Waals surface area contributed by atoms with Crippen LogP contribution in [-0.4, -0.2) is 30.5 Å². The highest BCUT2D eigenvalue weighted by Gasteiger charge is 2.24. The average Bonchev–Trinajstić information content (AvgIpc) is 3.08. The number of ketones is 1. The van der Waals surface area contributed by atoms with Crippen LogP contribution in [0, 0.1) is 11.3 Å². The molecule has 1 heterocycles. The minimum Gasteiger partial charge on any atom is -0.497 e. The summed E-state index contributed by atoms with van der Waals surface area (Å²) in [6, 6.07) is 15.4. The van der Waals surface area contributed by atoms with E-state index in [9.17, 15) is 14.9 Å². The molecule has 0 saturated heterocycles. The lowest BCUT2D eigenvalue weighted by Crippen LogP contribution is -2.14. The van der Waals surface area contributed by atoms with Gasteiger partial charge in [-0.15, -0.1) is 0 Å². The molecule has 28 heavy (non-hydrogen) atoms. The lowest BCUT2D eigenvalue weighted by molar-refractivity contribution is 0.0592. The van der Waals surface area contributed by atoms with Crippen molar-refractivity contribution in [2.45, 2.75) is 0 Å². The van der Waals surface area contributed by atoms with Crippen LogP contribution in [0.5, 0.6) is 5.75 Å². The number of methoxy groups -OCH3 is 2. The Hall–Kier alpha value is -4.05. The van der Waals surface area contributed by atoms with Crippen molar-refractivity contribution >= 4 is 17.4 Å². The first kappa shape index (κ1) is 18.7. The van der Waals surface area contributed by atoms with E-state index in [2.05, 4.69) is 0 Å². The molecule has 7 heteroatoms. The van der Waals surface area contributed by atoms with Gasteiger partial charge in [-0.25, -0.2) is 4.79 Å². The fraction of sp³-hybridized carbons (Fsp3) is 0.0952. The lowest BCUT2D eigenvalue weighted by Gasteiger charge is -2.13. The molecule has 3 rings (SSSR count). The fourth-order valence-electron chi connectivity index (χ4n) is 2.88. The Morgan fingerprint density at radius 3 is 2.36 bits per heavy atom. The Labute approximate surface area is 161 Å². The summed E-state index contributed by atoms with van der Waals surface area (Å²) in [4.78, 5) is 25.3. The number of esters is 1. The number of anilines is 1. The van der Waals surface area contributed by atoms with E-state index in [0.29, 0.717) is 22.6 Å². The number of carbonyl (C=O) groups excluding carboxylic acids is 2. The van der Waals surface area contributed by atoms with Gasteiger partial charge in [0, 0.05) is 17.3 Å². The van der Waals surface area contributed by atoms with Gasteiger partial charge in [-0.1, -0.05) is 12.1 Å². The van der Waals surface area contributed by atoms with Gasteiger partial charge in [0.15, 0.2) is 11.5 Å². The summed E-state index contributed by atoms with van der Waals surface area (Å²) >= 11 is 0. The normalized spacial score (nSPS) is 10.2. The summed E-state index contributed by atoms with van der Waals surface area (Å²) in [6.45, 7) is 0. The van der Waals surface area contributed by atoms with E-state index in [0.717, 1.165) is 0 Å². The van der Waals surface area contributed by atoms with Crippen molar-refractivity contribution in [1.29, 1.82) is 5.26 Å². The van der Waals surface area contributed by atoms with Gasteiger partial charge in [0.2, 0.25) is 0 Å². The zero-order valence-electron chi connectivity index (χ0n) is 15.3. The van der Waals surface area contributed by atoms with Crippen LogP contribution in [-0.2, 0) is 4.74 Å². The van der Waals surface area contributed by atoms with Gasteiger partial charge in [-0.05, 0) is 36.4 Å². The van der Waals surface area contributed by atoms with Crippen LogP contribution in [0.4, 0.5) is 5.69 Å². The standard InChI is InChI=1S/C21H17N3O4/c1-27-15-9-7-13(8-10-15)20(25)16-5-3-4-6-17(16)24-12-14(11-22)18(23)19(24)21(26)28-2/h3-10,12H,23H2,1-2H3. The van der Waals surface area contributed by atoms with Crippen LogP contribution in [0.25, 0.3) is 5.69 Å². The summed E-state index contributed by atoms with van der Waals surface area (Å²) in [5.74, 6) is -0.319. The first-order chi connectivity index (χ1) is 13.5. The third-order valence-corrected chi connectivity index (χ3v) is 4.30. The second-order valence-corrected chi connectivity index (χ2v) is 5.85. The second-order valence-electron chi connectivity index (χ2n) is 5.85.